The van der Waals surface area contributed by atoms with E-state index in [1.54, 1.807) is 0 Å². The monoisotopic (exact) mass is 276 g/mol. The summed E-state index contributed by atoms with van der Waals surface area (Å²) in [5.74, 6) is 0. The van der Waals surface area contributed by atoms with Crippen molar-refractivity contribution in [2.24, 2.45) is 0 Å². The molecule has 0 radical (unpaired) electrons. The highest BCUT2D eigenvalue weighted by atomic mass is 16.5. The molecule has 2 amide bonds. The maximum absolute atomic E-state index is 11.7. The zero-order valence-corrected chi connectivity index (χ0v) is 12.2. The molecule has 0 spiro atoms. The van der Waals surface area contributed by atoms with Gasteiger partial charge in [0.1, 0.15) is 0 Å². The minimum Gasteiger partial charge on any atom is -0.376 e. The SMILES string of the molecule is CCCCc1ccc(NC(=O)NCC2CCCO2)cc1. The highest BCUT2D eigenvalue weighted by Gasteiger charge is 2.15. The van der Waals surface area contributed by atoms with Gasteiger partial charge in [-0.2, -0.15) is 0 Å². The molecule has 2 rings (SSSR count). The minimum atomic E-state index is -0.165. The second-order valence-corrected chi connectivity index (χ2v) is 5.27. The fourth-order valence-corrected chi connectivity index (χ4v) is 2.32. The molecule has 0 bridgehead atoms. The fourth-order valence-electron chi connectivity index (χ4n) is 2.32. The number of rotatable bonds is 6. The van der Waals surface area contributed by atoms with Crippen LogP contribution in [0.5, 0.6) is 0 Å². The van der Waals surface area contributed by atoms with Crippen molar-refractivity contribution >= 4 is 11.7 Å². The van der Waals surface area contributed by atoms with Crippen LogP contribution in [-0.4, -0.2) is 25.3 Å². The van der Waals surface area contributed by atoms with Crippen LogP contribution in [0, 0.1) is 0 Å². The average Bonchev–Trinajstić information content (AvgIpc) is 2.98. The summed E-state index contributed by atoms with van der Waals surface area (Å²) < 4.78 is 5.46. The third-order valence-corrected chi connectivity index (χ3v) is 3.55. The van der Waals surface area contributed by atoms with Gasteiger partial charge in [0.15, 0.2) is 0 Å². The third kappa shape index (κ3) is 4.85. The summed E-state index contributed by atoms with van der Waals surface area (Å²) >= 11 is 0. The summed E-state index contributed by atoms with van der Waals surface area (Å²) in [6.07, 6.45) is 5.80. The lowest BCUT2D eigenvalue weighted by atomic mass is 10.1. The first-order chi connectivity index (χ1) is 9.78. The largest absolute Gasteiger partial charge is 0.376 e. The molecule has 1 fully saturated rings. The van der Waals surface area contributed by atoms with Gasteiger partial charge in [-0.3, -0.25) is 0 Å². The Morgan fingerprint density at radius 2 is 2.15 bits per heavy atom. The van der Waals surface area contributed by atoms with Gasteiger partial charge in [0, 0.05) is 18.8 Å². The number of carbonyl (C=O) groups excluding carboxylic acids is 1. The van der Waals surface area contributed by atoms with Gasteiger partial charge in [-0.1, -0.05) is 25.5 Å². The summed E-state index contributed by atoms with van der Waals surface area (Å²) in [4.78, 5) is 11.7. The topological polar surface area (TPSA) is 50.4 Å². The number of anilines is 1. The van der Waals surface area contributed by atoms with Crippen molar-refractivity contribution in [1.82, 2.24) is 5.32 Å². The number of aryl methyl sites for hydroxylation is 1. The first-order valence-corrected chi connectivity index (χ1v) is 7.53. The number of carbonyl (C=O) groups is 1. The molecule has 0 aromatic heterocycles. The number of nitrogens with one attached hydrogen (secondary N) is 2. The lowest BCUT2D eigenvalue weighted by Gasteiger charge is -2.12. The predicted molar refractivity (Wildman–Crippen MR) is 81.0 cm³/mol. The number of unbranched alkanes of at least 4 members (excludes halogenated alkanes) is 1. The molecular formula is C16H24N2O2. The van der Waals surface area contributed by atoms with Crippen LogP contribution in [0.1, 0.15) is 38.2 Å². The van der Waals surface area contributed by atoms with Crippen molar-refractivity contribution in [2.75, 3.05) is 18.5 Å². The quantitative estimate of drug-likeness (QED) is 0.837. The smallest absolute Gasteiger partial charge is 0.319 e. The van der Waals surface area contributed by atoms with Crippen LogP contribution >= 0.6 is 0 Å². The van der Waals surface area contributed by atoms with E-state index in [-0.39, 0.29) is 12.1 Å². The number of benzene rings is 1. The molecule has 1 atom stereocenters. The summed E-state index contributed by atoms with van der Waals surface area (Å²) in [6, 6.07) is 7.89. The summed E-state index contributed by atoms with van der Waals surface area (Å²) in [5, 5.41) is 5.69. The van der Waals surface area contributed by atoms with E-state index in [0.29, 0.717) is 6.54 Å². The van der Waals surface area contributed by atoms with Gasteiger partial charge in [0.05, 0.1) is 6.10 Å². The van der Waals surface area contributed by atoms with Gasteiger partial charge in [0.2, 0.25) is 0 Å². The maximum Gasteiger partial charge on any atom is 0.319 e. The number of urea groups is 1. The molecule has 0 aliphatic carbocycles. The van der Waals surface area contributed by atoms with E-state index >= 15 is 0 Å². The van der Waals surface area contributed by atoms with E-state index in [1.807, 2.05) is 12.1 Å². The van der Waals surface area contributed by atoms with Crippen LogP contribution in [0.25, 0.3) is 0 Å². The predicted octanol–water partition coefficient (Wildman–Crippen LogP) is 3.33. The van der Waals surface area contributed by atoms with Gasteiger partial charge >= 0.3 is 6.03 Å². The summed E-state index contributed by atoms with van der Waals surface area (Å²) in [7, 11) is 0. The van der Waals surface area contributed by atoms with Crippen molar-refractivity contribution < 1.29 is 9.53 Å². The molecule has 4 nitrogen and oxygen atoms in total. The van der Waals surface area contributed by atoms with Crippen molar-refractivity contribution in [3.05, 3.63) is 29.8 Å². The van der Waals surface area contributed by atoms with E-state index in [1.165, 1.54) is 18.4 Å². The maximum atomic E-state index is 11.7. The Balaban J connectivity index is 1.72. The molecule has 1 aromatic carbocycles. The van der Waals surface area contributed by atoms with E-state index in [2.05, 4.69) is 29.7 Å². The van der Waals surface area contributed by atoms with Crippen LogP contribution in [0.2, 0.25) is 0 Å². The molecule has 4 heteroatoms. The van der Waals surface area contributed by atoms with Crippen LogP contribution in [0.4, 0.5) is 10.5 Å². The molecule has 1 aliphatic heterocycles. The standard InChI is InChI=1S/C16H24N2O2/c1-2-3-5-13-7-9-14(10-8-13)18-16(19)17-12-15-6-4-11-20-15/h7-10,15H,2-6,11-12H2,1H3,(H2,17,18,19). The molecular weight excluding hydrogens is 252 g/mol. The molecule has 20 heavy (non-hydrogen) atoms. The zero-order chi connectivity index (χ0) is 14.2. The Labute approximate surface area is 120 Å². The molecule has 1 aromatic rings. The first kappa shape index (κ1) is 14.9. The molecule has 1 aliphatic rings. The zero-order valence-electron chi connectivity index (χ0n) is 12.2. The number of amides is 2. The molecule has 0 saturated carbocycles. The van der Waals surface area contributed by atoms with Crippen molar-refractivity contribution in [1.29, 1.82) is 0 Å². The fraction of sp³-hybridized carbons (Fsp3) is 0.562. The molecule has 110 valence electrons. The Kier molecular flexibility index (Phi) is 5.87. The highest BCUT2D eigenvalue weighted by molar-refractivity contribution is 5.89. The second-order valence-electron chi connectivity index (χ2n) is 5.27. The number of hydrogen-bond acceptors (Lipinski definition) is 2. The van der Waals surface area contributed by atoms with Gasteiger partial charge in [-0.15, -0.1) is 0 Å². The average molecular weight is 276 g/mol. The van der Waals surface area contributed by atoms with E-state index in [0.717, 1.165) is 31.6 Å². The summed E-state index contributed by atoms with van der Waals surface area (Å²) in [5.41, 5.74) is 2.15. The lowest BCUT2D eigenvalue weighted by molar-refractivity contribution is 0.112. The van der Waals surface area contributed by atoms with Crippen LogP contribution in [0.3, 0.4) is 0 Å². The van der Waals surface area contributed by atoms with Gasteiger partial charge < -0.3 is 15.4 Å². The minimum absolute atomic E-state index is 0.165. The second kappa shape index (κ2) is 7.90. The van der Waals surface area contributed by atoms with Crippen molar-refractivity contribution in [2.45, 2.75) is 45.1 Å². The highest BCUT2D eigenvalue weighted by Crippen LogP contribution is 2.12. The molecule has 2 N–H and O–H groups in total. The van der Waals surface area contributed by atoms with Gasteiger partial charge in [0.25, 0.3) is 0 Å². The number of hydrogen-bond donors (Lipinski definition) is 2. The lowest BCUT2D eigenvalue weighted by Crippen LogP contribution is -2.35. The van der Waals surface area contributed by atoms with Crippen molar-refractivity contribution in [3.63, 3.8) is 0 Å². The molecule has 1 unspecified atom stereocenters. The Morgan fingerprint density at radius 1 is 1.35 bits per heavy atom. The first-order valence-electron chi connectivity index (χ1n) is 7.53. The van der Waals surface area contributed by atoms with Gasteiger partial charge in [-0.05, 0) is 43.4 Å². The van der Waals surface area contributed by atoms with Crippen molar-refractivity contribution in [3.8, 4) is 0 Å². The van der Waals surface area contributed by atoms with Crippen LogP contribution in [0.15, 0.2) is 24.3 Å². The summed E-state index contributed by atoms with van der Waals surface area (Å²) in [6.45, 7) is 3.59. The Morgan fingerprint density at radius 3 is 2.80 bits per heavy atom. The number of ether oxygens (including phenoxy) is 1. The molecule has 1 saturated heterocycles. The van der Waals surface area contributed by atoms with E-state index in [9.17, 15) is 4.79 Å². The van der Waals surface area contributed by atoms with Gasteiger partial charge in [-0.25, -0.2) is 4.79 Å². The van der Waals surface area contributed by atoms with E-state index in [4.69, 9.17) is 4.74 Å². The van der Waals surface area contributed by atoms with E-state index < -0.39 is 0 Å². The Hall–Kier alpha value is -1.55. The normalized spacial score (nSPS) is 17.9. The Bertz CT molecular complexity index is 411. The molecule has 1 heterocycles. The van der Waals surface area contributed by atoms with Crippen LogP contribution in [-0.2, 0) is 11.2 Å². The third-order valence-electron chi connectivity index (χ3n) is 3.55. The van der Waals surface area contributed by atoms with Crippen LogP contribution < -0.4 is 10.6 Å².